The van der Waals surface area contributed by atoms with Gasteiger partial charge in [0.25, 0.3) is 0 Å². The van der Waals surface area contributed by atoms with E-state index in [0.717, 1.165) is 29.7 Å². The van der Waals surface area contributed by atoms with Crippen LogP contribution in [0, 0.1) is 11.6 Å². The molecule has 1 saturated carbocycles. The lowest BCUT2D eigenvalue weighted by molar-refractivity contribution is -0.121. The summed E-state index contributed by atoms with van der Waals surface area (Å²) in [6.07, 6.45) is 3.17. The first-order valence-corrected chi connectivity index (χ1v) is 12.8. The molecular formula is C29H30F2N6O. The summed E-state index contributed by atoms with van der Waals surface area (Å²) in [7, 11) is 0. The summed E-state index contributed by atoms with van der Waals surface area (Å²) in [5.41, 5.74) is 3.43. The van der Waals surface area contributed by atoms with E-state index < -0.39 is 5.82 Å². The molecule has 5 rings (SSSR count). The lowest BCUT2D eigenvalue weighted by Crippen LogP contribution is -2.24. The highest BCUT2D eigenvalue weighted by Gasteiger charge is 2.26. The van der Waals surface area contributed by atoms with Crippen molar-refractivity contribution in [1.82, 2.24) is 20.5 Å². The van der Waals surface area contributed by atoms with E-state index in [1.807, 2.05) is 43.3 Å². The number of hydrogen-bond acceptors (Lipinski definition) is 5. The van der Waals surface area contributed by atoms with Crippen LogP contribution in [0.3, 0.4) is 0 Å². The number of aromatic nitrogens is 3. The maximum absolute atomic E-state index is 15.1. The molecule has 7 nitrogen and oxygen atoms in total. The van der Waals surface area contributed by atoms with Crippen LogP contribution in [0.2, 0.25) is 0 Å². The van der Waals surface area contributed by atoms with E-state index in [9.17, 15) is 9.18 Å². The van der Waals surface area contributed by atoms with Gasteiger partial charge in [-0.2, -0.15) is 5.10 Å². The van der Waals surface area contributed by atoms with Gasteiger partial charge in [0.05, 0.1) is 0 Å². The van der Waals surface area contributed by atoms with Crippen molar-refractivity contribution in [3.8, 4) is 0 Å². The summed E-state index contributed by atoms with van der Waals surface area (Å²) in [5, 5.41) is 16.4. The Morgan fingerprint density at radius 3 is 2.55 bits per heavy atom. The highest BCUT2D eigenvalue weighted by molar-refractivity contribution is 5.76. The van der Waals surface area contributed by atoms with Crippen LogP contribution < -0.4 is 16.0 Å². The van der Waals surface area contributed by atoms with Gasteiger partial charge in [-0.3, -0.25) is 9.89 Å². The second-order valence-electron chi connectivity index (χ2n) is 9.61. The summed E-state index contributed by atoms with van der Waals surface area (Å²) in [5.74, 6) is 0.373. The normalized spacial score (nSPS) is 13.7. The fourth-order valence-electron chi connectivity index (χ4n) is 4.22. The molecule has 1 aliphatic rings. The van der Waals surface area contributed by atoms with Crippen molar-refractivity contribution in [3.05, 3.63) is 101 Å². The average molecular weight is 517 g/mol. The monoisotopic (exact) mass is 516 g/mol. The summed E-state index contributed by atoms with van der Waals surface area (Å²) < 4.78 is 28.6. The predicted octanol–water partition coefficient (Wildman–Crippen LogP) is 6.13. The Balaban J connectivity index is 1.32. The molecule has 1 unspecified atom stereocenters. The third kappa shape index (κ3) is 6.53. The number of aromatic amines is 1. The number of H-pyrrole nitrogens is 1. The molecule has 1 atom stereocenters. The van der Waals surface area contributed by atoms with Crippen molar-refractivity contribution in [2.75, 3.05) is 10.6 Å². The number of anilines is 3. The molecule has 2 aromatic heterocycles. The van der Waals surface area contributed by atoms with Gasteiger partial charge in [-0.15, -0.1) is 0 Å². The van der Waals surface area contributed by atoms with Gasteiger partial charge < -0.3 is 16.0 Å². The van der Waals surface area contributed by atoms with Gasteiger partial charge in [-0.05, 0) is 55.5 Å². The van der Waals surface area contributed by atoms with E-state index in [2.05, 4.69) is 31.1 Å². The number of carbonyl (C=O) groups is 1. The summed E-state index contributed by atoms with van der Waals surface area (Å²) in [6.45, 7) is 2.01. The van der Waals surface area contributed by atoms with Gasteiger partial charge in [0.15, 0.2) is 17.5 Å². The number of hydrogen-bond donors (Lipinski definition) is 4. The van der Waals surface area contributed by atoms with E-state index in [4.69, 9.17) is 0 Å². The molecule has 9 heteroatoms. The van der Waals surface area contributed by atoms with Crippen molar-refractivity contribution in [1.29, 1.82) is 0 Å². The minimum absolute atomic E-state index is 0.0202. The minimum Gasteiger partial charge on any atom is -0.363 e. The molecule has 1 amide bonds. The van der Waals surface area contributed by atoms with Crippen LogP contribution >= 0.6 is 0 Å². The summed E-state index contributed by atoms with van der Waals surface area (Å²) in [6, 6.07) is 18.9. The lowest BCUT2D eigenvalue weighted by Gasteiger charge is -2.19. The number of halogens is 2. The molecule has 4 N–H and O–H groups in total. The van der Waals surface area contributed by atoms with Gasteiger partial charge in [0, 0.05) is 42.2 Å². The van der Waals surface area contributed by atoms with Crippen LogP contribution in [0.5, 0.6) is 0 Å². The van der Waals surface area contributed by atoms with Crippen molar-refractivity contribution in [3.63, 3.8) is 0 Å². The Labute approximate surface area is 220 Å². The molecule has 4 aromatic rings. The van der Waals surface area contributed by atoms with Crippen LogP contribution in [0.4, 0.5) is 26.2 Å². The maximum atomic E-state index is 15.1. The van der Waals surface area contributed by atoms with Crippen LogP contribution in [0.1, 0.15) is 60.5 Å². The number of aryl methyl sites for hydroxylation is 1. The van der Waals surface area contributed by atoms with Crippen molar-refractivity contribution in [2.24, 2.45) is 0 Å². The largest absolute Gasteiger partial charge is 0.363 e. The quantitative estimate of drug-likeness (QED) is 0.193. The zero-order chi connectivity index (χ0) is 26.5. The topological polar surface area (TPSA) is 94.7 Å². The second kappa shape index (κ2) is 11.4. The van der Waals surface area contributed by atoms with Crippen molar-refractivity contribution in [2.45, 2.75) is 51.1 Å². The number of nitrogens with zero attached hydrogens (tertiary/aromatic N) is 2. The number of carbonyl (C=O) groups excluding carboxylic acids is 1. The molecule has 0 aliphatic heterocycles. The van der Waals surface area contributed by atoms with Crippen LogP contribution in [-0.2, 0) is 17.8 Å². The number of pyridine rings is 1. The predicted molar refractivity (Wildman–Crippen MR) is 143 cm³/mol. The van der Waals surface area contributed by atoms with E-state index in [0.29, 0.717) is 36.0 Å². The number of nitrogens with one attached hydrogen (secondary N) is 4. The lowest BCUT2D eigenvalue weighted by atomic mass is 10.1. The molecule has 196 valence electrons. The third-order valence-electron chi connectivity index (χ3n) is 6.60. The summed E-state index contributed by atoms with van der Waals surface area (Å²) in [4.78, 5) is 17.0. The van der Waals surface area contributed by atoms with Crippen LogP contribution in [-0.4, -0.2) is 21.1 Å². The zero-order valence-corrected chi connectivity index (χ0v) is 21.1. The molecule has 38 heavy (non-hydrogen) atoms. The number of benzene rings is 2. The zero-order valence-electron chi connectivity index (χ0n) is 21.1. The van der Waals surface area contributed by atoms with Gasteiger partial charge >= 0.3 is 0 Å². The first-order chi connectivity index (χ1) is 18.4. The third-order valence-corrected chi connectivity index (χ3v) is 6.60. The Kier molecular flexibility index (Phi) is 7.62. The van der Waals surface area contributed by atoms with Crippen molar-refractivity contribution < 1.29 is 13.6 Å². The van der Waals surface area contributed by atoms with Crippen LogP contribution in [0.25, 0.3) is 0 Å². The Bertz CT molecular complexity index is 1390. The Morgan fingerprint density at radius 2 is 1.82 bits per heavy atom. The minimum atomic E-state index is -0.561. The van der Waals surface area contributed by atoms with Gasteiger partial charge in [-0.1, -0.05) is 42.5 Å². The van der Waals surface area contributed by atoms with E-state index in [1.165, 1.54) is 18.2 Å². The first-order valence-electron chi connectivity index (χ1n) is 12.8. The second-order valence-corrected chi connectivity index (χ2v) is 9.61. The Morgan fingerprint density at radius 1 is 1.05 bits per heavy atom. The van der Waals surface area contributed by atoms with E-state index in [1.54, 1.807) is 12.1 Å². The highest BCUT2D eigenvalue weighted by Crippen LogP contribution is 2.39. The molecule has 0 bridgehead atoms. The van der Waals surface area contributed by atoms with E-state index >= 15 is 4.39 Å². The fraction of sp³-hybridized carbons (Fsp3) is 0.276. The SMILES string of the molecule is CC(Nc1nc(Nc2cc(C3CC3)[nH]n2)c(F)cc1CNC(=O)CCc1ccccc1)c1ccc(F)cc1. The van der Waals surface area contributed by atoms with Gasteiger partial charge in [0.2, 0.25) is 5.91 Å². The Hall–Kier alpha value is -4.27. The molecule has 0 saturated heterocycles. The fourth-order valence-corrected chi connectivity index (χ4v) is 4.22. The number of rotatable bonds is 11. The molecule has 2 aromatic carbocycles. The molecule has 1 fully saturated rings. The van der Waals surface area contributed by atoms with Crippen molar-refractivity contribution >= 4 is 23.4 Å². The van der Waals surface area contributed by atoms with Gasteiger partial charge in [0.1, 0.15) is 11.6 Å². The molecule has 1 aliphatic carbocycles. The standard InChI is InChI=1S/C29H30F2N6O/c1-18(20-10-12-23(30)13-11-20)33-28-22(17-32-27(38)14-7-19-5-3-2-4-6-19)15-24(31)29(35-28)34-26-16-25(36-37-26)21-8-9-21/h2-6,10-13,15-16,18,21H,7-9,14,17H2,1H3,(H,32,38)(H3,33,34,35,36,37). The summed E-state index contributed by atoms with van der Waals surface area (Å²) >= 11 is 0. The maximum Gasteiger partial charge on any atom is 0.220 e. The first kappa shape index (κ1) is 25.4. The highest BCUT2D eigenvalue weighted by atomic mass is 19.1. The smallest absolute Gasteiger partial charge is 0.220 e. The molecule has 2 heterocycles. The molecule has 0 spiro atoms. The molecule has 0 radical (unpaired) electrons. The van der Waals surface area contributed by atoms with Gasteiger partial charge in [-0.25, -0.2) is 13.8 Å². The number of amides is 1. The van der Waals surface area contributed by atoms with Crippen LogP contribution in [0.15, 0.2) is 66.7 Å². The molecular weight excluding hydrogens is 486 g/mol. The average Bonchev–Trinajstić information content (AvgIpc) is 3.67. The van der Waals surface area contributed by atoms with E-state index in [-0.39, 0.29) is 30.1 Å².